The predicted octanol–water partition coefficient (Wildman–Crippen LogP) is 4.80. The van der Waals surface area contributed by atoms with Crippen LogP contribution in [-0.2, 0) is 9.47 Å². The molecule has 1 saturated heterocycles. The van der Waals surface area contributed by atoms with Gasteiger partial charge in [0, 0.05) is 24.3 Å². The van der Waals surface area contributed by atoms with E-state index in [1.807, 2.05) is 13.0 Å². The molecule has 1 aromatic rings. The molecular weight excluding hydrogens is 347 g/mol. The molecule has 1 spiro atoms. The summed E-state index contributed by atoms with van der Waals surface area (Å²) in [4.78, 5) is 0. The lowest BCUT2D eigenvalue weighted by Crippen LogP contribution is -2.39. The van der Waals surface area contributed by atoms with Gasteiger partial charge in [-0.1, -0.05) is 6.07 Å². The van der Waals surface area contributed by atoms with Gasteiger partial charge in [-0.2, -0.15) is 4.39 Å². The average Bonchev–Trinajstić information content (AvgIpc) is 3.29. The zero-order valence-electron chi connectivity index (χ0n) is 16.0. The standard InChI is InChI=1S/C22H29FO4/c1-2-24-18-6-5-17-16-4-3-15(13-19(16)27-21(17)20(18)23)14-7-9-22(10-8-14)25-11-12-26-22/h5-6,14-16,19H,2-4,7-13H2,1H3. The topological polar surface area (TPSA) is 36.9 Å². The molecule has 27 heavy (non-hydrogen) atoms. The lowest BCUT2D eigenvalue weighted by Gasteiger charge is -2.41. The minimum absolute atomic E-state index is 0.111. The molecule has 5 heteroatoms. The predicted molar refractivity (Wildman–Crippen MR) is 98.7 cm³/mol. The first kappa shape index (κ1) is 17.7. The highest BCUT2D eigenvalue weighted by molar-refractivity contribution is 5.48. The second kappa shape index (κ2) is 6.93. The molecule has 4 aliphatic rings. The van der Waals surface area contributed by atoms with Gasteiger partial charge in [-0.3, -0.25) is 0 Å². The number of ether oxygens (including phenoxy) is 4. The summed E-state index contributed by atoms with van der Waals surface area (Å²) in [6.07, 6.45) is 7.78. The maximum Gasteiger partial charge on any atom is 0.207 e. The van der Waals surface area contributed by atoms with Crippen molar-refractivity contribution in [2.45, 2.75) is 69.7 Å². The fourth-order valence-electron chi connectivity index (χ4n) is 5.79. The van der Waals surface area contributed by atoms with Crippen LogP contribution in [0.25, 0.3) is 0 Å². The zero-order valence-corrected chi connectivity index (χ0v) is 16.0. The van der Waals surface area contributed by atoms with Gasteiger partial charge in [-0.25, -0.2) is 0 Å². The number of hydrogen-bond donors (Lipinski definition) is 0. The monoisotopic (exact) mass is 376 g/mol. The van der Waals surface area contributed by atoms with Crippen LogP contribution in [-0.4, -0.2) is 31.7 Å². The van der Waals surface area contributed by atoms with Crippen molar-refractivity contribution >= 4 is 0 Å². The van der Waals surface area contributed by atoms with Crippen LogP contribution in [0.15, 0.2) is 12.1 Å². The first-order valence-corrected chi connectivity index (χ1v) is 10.6. The number of rotatable bonds is 3. The molecule has 0 N–H and O–H groups in total. The Bertz CT molecular complexity index is 690. The Morgan fingerprint density at radius 3 is 2.59 bits per heavy atom. The number of benzene rings is 1. The molecule has 2 aliphatic heterocycles. The Kier molecular flexibility index (Phi) is 4.55. The van der Waals surface area contributed by atoms with Crippen molar-refractivity contribution in [3.05, 3.63) is 23.5 Å². The molecule has 4 nitrogen and oxygen atoms in total. The molecule has 1 aromatic carbocycles. The molecule has 0 aromatic heterocycles. The van der Waals surface area contributed by atoms with Crippen LogP contribution >= 0.6 is 0 Å². The van der Waals surface area contributed by atoms with Gasteiger partial charge < -0.3 is 18.9 Å². The Morgan fingerprint density at radius 1 is 1.07 bits per heavy atom. The molecule has 5 rings (SSSR count). The summed E-state index contributed by atoms with van der Waals surface area (Å²) >= 11 is 0. The molecule has 3 unspecified atom stereocenters. The molecule has 2 heterocycles. The quantitative estimate of drug-likeness (QED) is 0.759. The van der Waals surface area contributed by atoms with Gasteiger partial charge in [0.25, 0.3) is 0 Å². The van der Waals surface area contributed by atoms with E-state index in [4.69, 9.17) is 18.9 Å². The van der Waals surface area contributed by atoms with Gasteiger partial charge in [0.2, 0.25) is 5.82 Å². The second-order valence-electron chi connectivity index (χ2n) is 8.51. The van der Waals surface area contributed by atoms with Gasteiger partial charge >= 0.3 is 0 Å². The lowest BCUT2D eigenvalue weighted by molar-refractivity contribution is -0.185. The third-order valence-electron chi connectivity index (χ3n) is 7.17. The third kappa shape index (κ3) is 3.03. The van der Waals surface area contributed by atoms with E-state index in [1.165, 1.54) is 6.42 Å². The van der Waals surface area contributed by atoms with Gasteiger partial charge in [0.1, 0.15) is 6.10 Å². The first-order valence-electron chi connectivity index (χ1n) is 10.6. The molecule has 0 radical (unpaired) electrons. The summed E-state index contributed by atoms with van der Waals surface area (Å²) in [6, 6.07) is 3.77. The van der Waals surface area contributed by atoms with E-state index in [9.17, 15) is 4.39 Å². The molecule has 3 fully saturated rings. The molecule has 0 amide bonds. The highest BCUT2D eigenvalue weighted by Gasteiger charge is 2.46. The molecule has 2 aliphatic carbocycles. The normalized spacial score (nSPS) is 32.1. The van der Waals surface area contributed by atoms with Crippen molar-refractivity contribution in [2.24, 2.45) is 11.8 Å². The number of halogens is 1. The van der Waals surface area contributed by atoms with Gasteiger partial charge in [-0.05, 0) is 56.9 Å². The van der Waals surface area contributed by atoms with E-state index in [1.54, 1.807) is 6.07 Å². The van der Waals surface area contributed by atoms with E-state index in [2.05, 4.69) is 0 Å². The van der Waals surface area contributed by atoms with Crippen LogP contribution in [0.5, 0.6) is 11.5 Å². The van der Waals surface area contributed by atoms with E-state index in [-0.39, 0.29) is 17.7 Å². The van der Waals surface area contributed by atoms with Crippen molar-refractivity contribution in [1.29, 1.82) is 0 Å². The van der Waals surface area contributed by atoms with Crippen LogP contribution in [0, 0.1) is 17.7 Å². The molecular formula is C22H29FO4. The van der Waals surface area contributed by atoms with Crippen LogP contribution in [0.1, 0.15) is 63.4 Å². The zero-order chi connectivity index (χ0) is 18.4. The minimum Gasteiger partial charge on any atom is -0.491 e. The Labute approximate surface area is 160 Å². The summed E-state index contributed by atoms with van der Waals surface area (Å²) < 4.78 is 38.0. The largest absolute Gasteiger partial charge is 0.491 e. The summed E-state index contributed by atoms with van der Waals surface area (Å²) in [7, 11) is 0. The van der Waals surface area contributed by atoms with Crippen LogP contribution in [0.2, 0.25) is 0 Å². The fraction of sp³-hybridized carbons (Fsp3) is 0.727. The Morgan fingerprint density at radius 2 is 1.85 bits per heavy atom. The summed E-state index contributed by atoms with van der Waals surface area (Å²) in [5, 5.41) is 0. The lowest BCUT2D eigenvalue weighted by atomic mass is 9.68. The third-order valence-corrected chi connectivity index (χ3v) is 7.17. The summed E-state index contributed by atoms with van der Waals surface area (Å²) in [5.74, 6) is 1.84. The van der Waals surface area contributed by atoms with Crippen LogP contribution in [0.3, 0.4) is 0 Å². The molecule has 2 saturated carbocycles. The summed E-state index contributed by atoms with van der Waals surface area (Å²) in [6.45, 7) is 3.80. The number of fused-ring (bicyclic) bond motifs is 3. The molecule has 0 bridgehead atoms. The SMILES string of the molecule is CCOc1ccc2c(c1F)OC1CC(C3CCC4(CC3)OCCO4)CCC21. The van der Waals surface area contributed by atoms with E-state index >= 15 is 0 Å². The van der Waals surface area contributed by atoms with Crippen LogP contribution < -0.4 is 9.47 Å². The van der Waals surface area contributed by atoms with E-state index < -0.39 is 0 Å². The maximum atomic E-state index is 14.7. The number of hydrogen-bond acceptors (Lipinski definition) is 4. The van der Waals surface area contributed by atoms with Crippen molar-refractivity contribution < 1.29 is 23.3 Å². The highest BCUT2D eigenvalue weighted by Crippen LogP contribution is 2.52. The van der Waals surface area contributed by atoms with Crippen LogP contribution in [0.4, 0.5) is 4.39 Å². The fourth-order valence-corrected chi connectivity index (χ4v) is 5.79. The summed E-state index contributed by atoms with van der Waals surface area (Å²) in [5.41, 5.74) is 1.04. The van der Waals surface area contributed by atoms with Crippen molar-refractivity contribution in [1.82, 2.24) is 0 Å². The Balaban J connectivity index is 1.25. The maximum absolute atomic E-state index is 14.7. The van der Waals surface area contributed by atoms with Crippen molar-refractivity contribution in [2.75, 3.05) is 19.8 Å². The Hall–Kier alpha value is -1.33. The molecule has 3 atom stereocenters. The van der Waals surface area contributed by atoms with Crippen molar-refractivity contribution in [3.63, 3.8) is 0 Å². The van der Waals surface area contributed by atoms with Gasteiger partial charge in [0.05, 0.1) is 19.8 Å². The van der Waals surface area contributed by atoms with E-state index in [0.29, 0.717) is 35.9 Å². The first-order chi connectivity index (χ1) is 13.2. The van der Waals surface area contributed by atoms with Gasteiger partial charge in [0.15, 0.2) is 17.3 Å². The highest BCUT2D eigenvalue weighted by atomic mass is 19.1. The molecule has 148 valence electrons. The average molecular weight is 376 g/mol. The second-order valence-corrected chi connectivity index (χ2v) is 8.51. The smallest absolute Gasteiger partial charge is 0.207 e. The van der Waals surface area contributed by atoms with Crippen molar-refractivity contribution in [3.8, 4) is 11.5 Å². The van der Waals surface area contributed by atoms with E-state index in [0.717, 1.165) is 57.3 Å². The van der Waals surface area contributed by atoms with Gasteiger partial charge in [-0.15, -0.1) is 0 Å². The minimum atomic E-state index is -0.324.